The predicted octanol–water partition coefficient (Wildman–Crippen LogP) is 3.61. The van der Waals surface area contributed by atoms with E-state index < -0.39 is 32.2 Å². The smallest absolute Gasteiger partial charge is 0.261 e. The van der Waals surface area contributed by atoms with Gasteiger partial charge in [0.05, 0.1) is 35.4 Å². The molecular formula is C29H34ClN3O7S2. The summed E-state index contributed by atoms with van der Waals surface area (Å²) in [6, 6.07) is 17.9. The molecule has 4 rings (SSSR count). The van der Waals surface area contributed by atoms with Crippen molar-refractivity contribution in [3.05, 3.63) is 83.4 Å². The van der Waals surface area contributed by atoms with E-state index in [0.29, 0.717) is 16.3 Å². The zero-order valence-corrected chi connectivity index (χ0v) is 25.9. The van der Waals surface area contributed by atoms with Crippen molar-refractivity contribution in [1.82, 2.24) is 9.21 Å². The number of fused-ring (bicyclic) bond motifs is 1. The standard InChI is InChI=1S/C29H34ClN3O7S2/c1-20-17-33(21(2)19-34)29(35)16-22-15-24(31-41(36,37)25-7-5-4-6-8-25)11-14-27(22)40-28(20)18-32(3)42(38,39)26-12-9-23(30)10-13-26/h4-15,20-21,28,31,34H,16-19H2,1-3H3/t20-,21-,28+/m1/s1. The fourth-order valence-corrected chi connectivity index (χ4v) is 7.04. The molecule has 0 fully saturated rings. The first kappa shape index (κ1) is 31.8. The first-order valence-corrected chi connectivity index (χ1v) is 16.6. The number of rotatable bonds is 9. The van der Waals surface area contributed by atoms with Gasteiger partial charge >= 0.3 is 0 Å². The topological polar surface area (TPSA) is 133 Å². The molecule has 3 aromatic rings. The Labute approximate surface area is 252 Å². The van der Waals surface area contributed by atoms with E-state index in [1.807, 2.05) is 6.92 Å². The van der Waals surface area contributed by atoms with Crippen LogP contribution in [-0.4, -0.2) is 75.9 Å². The lowest BCUT2D eigenvalue weighted by molar-refractivity contribution is -0.134. The number of aliphatic hydroxyl groups is 1. The van der Waals surface area contributed by atoms with Crippen LogP contribution in [0.3, 0.4) is 0 Å². The lowest BCUT2D eigenvalue weighted by Gasteiger charge is -2.33. The first-order valence-electron chi connectivity index (χ1n) is 13.3. The number of aliphatic hydroxyl groups excluding tert-OH is 1. The number of hydrogen-bond acceptors (Lipinski definition) is 7. The van der Waals surface area contributed by atoms with Gasteiger partial charge in [0.1, 0.15) is 11.9 Å². The van der Waals surface area contributed by atoms with Crippen molar-refractivity contribution >= 4 is 43.2 Å². The fraction of sp³-hybridized carbons (Fsp3) is 0.345. The van der Waals surface area contributed by atoms with E-state index in [9.17, 15) is 26.7 Å². The maximum Gasteiger partial charge on any atom is 0.261 e. The van der Waals surface area contributed by atoms with Crippen molar-refractivity contribution in [1.29, 1.82) is 0 Å². The Kier molecular flexibility index (Phi) is 9.84. The third-order valence-corrected chi connectivity index (χ3v) is 10.7. The van der Waals surface area contributed by atoms with Crippen molar-refractivity contribution in [3.8, 4) is 5.75 Å². The number of ether oxygens (including phenoxy) is 1. The van der Waals surface area contributed by atoms with E-state index in [0.717, 1.165) is 0 Å². The minimum absolute atomic E-state index is 0.0382. The molecule has 0 bridgehead atoms. The first-order chi connectivity index (χ1) is 19.8. The minimum Gasteiger partial charge on any atom is -0.488 e. The molecule has 13 heteroatoms. The molecule has 0 unspecified atom stereocenters. The monoisotopic (exact) mass is 635 g/mol. The molecule has 10 nitrogen and oxygen atoms in total. The van der Waals surface area contributed by atoms with Crippen molar-refractivity contribution < 1.29 is 31.5 Å². The largest absolute Gasteiger partial charge is 0.488 e. The van der Waals surface area contributed by atoms with Gasteiger partial charge in [0.15, 0.2) is 0 Å². The van der Waals surface area contributed by atoms with Gasteiger partial charge in [-0.1, -0.05) is 36.7 Å². The fourth-order valence-electron chi connectivity index (χ4n) is 4.66. The zero-order chi connectivity index (χ0) is 30.7. The molecule has 0 saturated heterocycles. The van der Waals surface area contributed by atoms with Gasteiger partial charge in [0.25, 0.3) is 10.0 Å². The van der Waals surface area contributed by atoms with Crippen LogP contribution in [0.1, 0.15) is 19.4 Å². The van der Waals surface area contributed by atoms with Gasteiger partial charge in [0, 0.05) is 35.8 Å². The van der Waals surface area contributed by atoms with Gasteiger partial charge < -0.3 is 14.7 Å². The lowest BCUT2D eigenvalue weighted by Crippen LogP contribution is -2.48. The highest BCUT2D eigenvalue weighted by molar-refractivity contribution is 7.92. The second-order valence-electron chi connectivity index (χ2n) is 10.4. The average molecular weight is 636 g/mol. The molecule has 226 valence electrons. The minimum atomic E-state index is -3.89. The highest BCUT2D eigenvalue weighted by atomic mass is 35.5. The molecule has 1 amide bonds. The van der Waals surface area contributed by atoms with Crippen LogP contribution in [0, 0.1) is 5.92 Å². The summed E-state index contributed by atoms with van der Waals surface area (Å²) in [5.41, 5.74) is 0.660. The number of amides is 1. The van der Waals surface area contributed by atoms with Crippen LogP contribution in [0.4, 0.5) is 5.69 Å². The molecule has 0 radical (unpaired) electrons. The predicted molar refractivity (Wildman–Crippen MR) is 161 cm³/mol. The van der Waals surface area contributed by atoms with Gasteiger partial charge in [-0.2, -0.15) is 4.31 Å². The SMILES string of the molecule is C[C@@H]1CN([C@H](C)CO)C(=O)Cc2cc(NS(=O)(=O)c3ccccc3)ccc2O[C@H]1CN(C)S(=O)(=O)c1ccc(Cl)cc1. The number of carbonyl (C=O) groups is 1. The summed E-state index contributed by atoms with van der Waals surface area (Å²) >= 11 is 5.94. The van der Waals surface area contributed by atoms with E-state index >= 15 is 0 Å². The van der Waals surface area contributed by atoms with Crippen molar-refractivity contribution in [3.63, 3.8) is 0 Å². The number of carbonyl (C=O) groups excluding carboxylic acids is 1. The summed E-state index contributed by atoms with van der Waals surface area (Å²) in [5.74, 6) is -0.286. The molecule has 2 N–H and O–H groups in total. The Morgan fingerprint density at radius 3 is 2.36 bits per heavy atom. The molecule has 1 aliphatic rings. The number of hydrogen-bond donors (Lipinski definition) is 2. The molecule has 0 spiro atoms. The lowest BCUT2D eigenvalue weighted by atomic mass is 10.0. The van der Waals surface area contributed by atoms with Crippen LogP contribution in [-0.2, 0) is 31.3 Å². The highest BCUT2D eigenvalue weighted by Crippen LogP contribution is 2.31. The molecule has 1 heterocycles. The van der Waals surface area contributed by atoms with E-state index in [4.69, 9.17) is 16.3 Å². The van der Waals surface area contributed by atoms with Crippen LogP contribution < -0.4 is 9.46 Å². The van der Waals surface area contributed by atoms with Gasteiger partial charge in [-0.15, -0.1) is 0 Å². The summed E-state index contributed by atoms with van der Waals surface area (Å²) in [7, 11) is -6.32. The number of nitrogens with zero attached hydrogens (tertiary/aromatic N) is 2. The summed E-state index contributed by atoms with van der Waals surface area (Å²) < 4.78 is 62.6. The van der Waals surface area contributed by atoms with Crippen molar-refractivity contribution in [2.24, 2.45) is 5.92 Å². The summed E-state index contributed by atoms with van der Waals surface area (Å²) in [6.07, 6.45) is -0.805. The Morgan fingerprint density at radius 1 is 1.05 bits per heavy atom. The van der Waals surface area contributed by atoms with Gasteiger partial charge in [-0.25, -0.2) is 16.8 Å². The molecule has 0 aliphatic carbocycles. The van der Waals surface area contributed by atoms with Crippen LogP contribution in [0.5, 0.6) is 5.75 Å². The molecular weight excluding hydrogens is 602 g/mol. The normalized spacial score (nSPS) is 18.8. The summed E-state index contributed by atoms with van der Waals surface area (Å²) in [5, 5.41) is 10.3. The summed E-state index contributed by atoms with van der Waals surface area (Å²) in [4.78, 5) is 15.2. The van der Waals surface area contributed by atoms with Crippen LogP contribution >= 0.6 is 11.6 Å². The average Bonchev–Trinajstić information content (AvgIpc) is 3.00. The maximum atomic E-state index is 13.5. The van der Waals surface area contributed by atoms with E-state index in [-0.39, 0.29) is 53.4 Å². The molecule has 3 aromatic carbocycles. The van der Waals surface area contributed by atoms with Gasteiger partial charge in [0.2, 0.25) is 15.9 Å². The van der Waals surface area contributed by atoms with Crippen molar-refractivity contribution in [2.45, 2.75) is 42.2 Å². The Balaban J connectivity index is 1.68. The molecule has 0 saturated carbocycles. The van der Waals surface area contributed by atoms with Crippen LogP contribution in [0.2, 0.25) is 5.02 Å². The highest BCUT2D eigenvalue weighted by Gasteiger charge is 2.33. The maximum absolute atomic E-state index is 13.5. The Hall–Kier alpha value is -3.16. The molecule has 1 aliphatic heterocycles. The number of anilines is 1. The third kappa shape index (κ3) is 7.24. The quantitative estimate of drug-likeness (QED) is 0.367. The Bertz CT molecular complexity index is 1620. The number of nitrogens with one attached hydrogen (secondary N) is 1. The number of sulfonamides is 2. The van der Waals surface area contributed by atoms with Gasteiger partial charge in [-0.05, 0) is 61.5 Å². The number of benzene rings is 3. The summed E-state index contributed by atoms with van der Waals surface area (Å²) in [6.45, 7) is 3.48. The van der Waals surface area contributed by atoms with Crippen molar-refractivity contribution in [2.75, 3.05) is 31.5 Å². The van der Waals surface area contributed by atoms with E-state index in [2.05, 4.69) is 4.72 Å². The van der Waals surface area contributed by atoms with E-state index in [1.54, 1.807) is 36.1 Å². The zero-order valence-electron chi connectivity index (χ0n) is 23.5. The molecule has 42 heavy (non-hydrogen) atoms. The number of likely N-dealkylation sites (N-methyl/N-ethyl adjacent to an activating group) is 1. The van der Waals surface area contributed by atoms with Crippen LogP contribution in [0.15, 0.2) is 82.6 Å². The molecule has 0 aromatic heterocycles. The van der Waals surface area contributed by atoms with Crippen LogP contribution in [0.25, 0.3) is 0 Å². The Morgan fingerprint density at radius 2 is 1.71 bits per heavy atom. The second-order valence-corrected chi connectivity index (χ2v) is 14.5. The second kappa shape index (κ2) is 13.0. The third-order valence-electron chi connectivity index (χ3n) is 7.18. The number of halogens is 1. The molecule has 3 atom stereocenters. The van der Waals surface area contributed by atoms with E-state index in [1.165, 1.54) is 59.9 Å². The van der Waals surface area contributed by atoms with Gasteiger partial charge in [-0.3, -0.25) is 9.52 Å².